The molecule has 3 rings (SSSR count). The average Bonchev–Trinajstić information content (AvgIpc) is 2.55. The summed E-state index contributed by atoms with van der Waals surface area (Å²) >= 11 is 0. The van der Waals surface area contributed by atoms with Crippen molar-refractivity contribution in [1.82, 2.24) is 4.90 Å². The Hall–Kier alpha value is -1.68. The van der Waals surface area contributed by atoms with Crippen molar-refractivity contribution in [3.63, 3.8) is 0 Å². The summed E-state index contributed by atoms with van der Waals surface area (Å²) in [5.74, 6) is 0. The van der Waals surface area contributed by atoms with E-state index in [4.69, 9.17) is 5.73 Å². The minimum Gasteiger partial charge on any atom is -0.387 e. The zero-order chi connectivity index (χ0) is 14.7. The van der Waals surface area contributed by atoms with E-state index in [1.807, 2.05) is 24.3 Å². The molecule has 0 amide bonds. The maximum Gasteiger partial charge on any atom is 0.0917 e. The van der Waals surface area contributed by atoms with Crippen molar-refractivity contribution in [2.45, 2.75) is 25.6 Å². The van der Waals surface area contributed by atoms with Gasteiger partial charge in [-0.25, -0.2) is 0 Å². The van der Waals surface area contributed by atoms with E-state index in [2.05, 4.69) is 29.2 Å². The van der Waals surface area contributed by atoms with Gasteiger partial charge in [-0.1, -0.05) is 48.5 Å². The molecule has 1 aliphatic rings. The van der Waals surface area contributed by atoms with Crippen LogP contribution in [0, 0.1) is 0 Å². The van der Waals surface area contributed by atoms with E-state index in [9.17, 15) is 5.11 Å². The fourth-order valence-corrected chi connectivity index (χ4v) is 2.94. The molecule has 2 aromatic carbocycles. The van der Waals surface area contributed by atoms with Gasteiger partial charge >= 0.3 is 0 Å². The fourth-order valence-electron chi connectivity index (χ4n) is 2.94. The van der Waals surface area contributed by atoms with E-state index in [0.717, 1.165) is 30.6 Å². The number of rotatable bonds is 4. The van der Waals surface area contributed by atoms with Crippen molar-refractivity contribution in [2.75, 3.05) is 13.1 Å². The highest BCUT2D eigenvalue weighted by molar-refractivity contribution is 5.29. The summed E-state index contributed by atoms with van der Waals surface area (Å²) in [4.78, 5) is 2.32. The smallest absolute Gasteiger partial charge is 0.0917 e. The highest BCUT2D eigenvalue weighted by Crippen LogP contribution is 2.22. The van der Waals surface area contributed by atoms with Crippen molar-refractivity contribution < 1.29 is 5.11 Å². The van der Waals surface area contributed by atoms with Crippen LogP contribution >= 0.6 is 0 Å². The monoisotopic (exact) mass is 282 g/mol. The molecule has 1 unspecified atom stereocenters. The number of aliphatic hydroxyl groups excluding tert-OH is 1. The molecule has 0 aliphatic carbocycles. The molecule has 3 nitrogen and oxygen atoms in total. The minimum absolute atomic E-state index is 0.443. The van der Waals surface area contributed by atoms with E-state index in [1.54, 1.807) is 0 Å². The molecule has 0 aromatic heterocycles. The van der Waals surface area contributed by atoms with Gasteiger partial charge in [-0.3, -0.25) is 4.90 Å². The topological polar surface area (TPSA) is 49.5 Å². The molecule has 3 N–H and O–H groups in total. The van der Waals surface area contributed by atoms with Crippen LogP contribution in [-0.2, 0) is 19.5 Å². The van der Waals surface area contributed by atoms with Crippen molar-refractivity contribution in [3.05, 3.63) is 70.8 Å². The molecule has 1 atom stereocenters. The molecule has 0 spiro atoms. The SMILES string of the molecule is NCc1ccc(C(O)CN2CCc3ccccc3C2)cc1. The molecule has 1 aliphatic heterocycles. The van der Waals surface area contributed by atoms with Gasteiger partial charge in [-0.15, -0.1) is 0 Å². The zero-order valence-electron chi connectivity index (χ0n) is 12.2. The van der Waals surface area contributed by atoms with E-state index in [0.29, 0.717) is 13.1 Å². The van der Waals surface area contributed by atoms with Crippen LogP contribution in [0.1, 0.15) is 28.4 Å². The average molecular weight is 282 g/mol. The van der Waals surface area contributed by atoms with Gasteiger partial charge in [0.2, 0.25) is 0 Å². The number of nitrogens with two attached hydrogens (primary N) is 1. The Morgan fingerprint density at radius 1 is 1.05 bits per heavy atom. The standard InChI is InChI=1S/C18H22N2O/c19-11-14-5-7-16(8-6-14)18(21)13-20-10-9-15-3-1-2-4-17(15)12-20/h1-8,18,21H,9-13,19H2. The molecule has 0 radical (unpaired) electrons. The van der Waals surface area contributed by atoms with Gasteiger partial charge in [0.15, 0.2) is 0 Å². The Morgan fingerprint density at radius 3 is 2.48 bits per heavy atom. The molecule has 110 valence electrons. The van der Waals surface area contributed by atoms with Crippen LogP contribution < -0.4 is 5.73 Å². The lowest BCUT2D eigenvalue weighted by Gasteiger charge is -2.30. The fraction of sp³-hybridized carbons (Fsp3) is 0.333. The predicted molar refractivity (Wildman–Crippen MR) is 84.7 cm³/mol. The van der Waals surface area contributed by atoms with E-state index in [-0.39, 0.29) is 0 Å². The summed E-state index contributed by atoms with van der Waals surface area (Å²) in [6.07, 6.45) is 0.622. The van der Waals surface area contributed by atoms with Crippen LogP contribution in [0.2, 0.25) is 0 Å². The lowest BCUT2D eigenvalue weighted by Crippen LogP contribution is -2.33. The van der Waals surface area contributed by atoms with Crippen molar-refractivity contribution in [3.8, 4) is 0 Å². The van der Waals surface area contributed by atoms with Gasteiger partial charge in [0.05, 0.1) is 6.10 Å². The van der Waals surface area contributed by atoms with Crippen LogP contribution in [0.15, 0.2) is 48.5 Å². The lowest BCUT2D eigenvalue weighted by atomic mass is 9.99. The minimum atomic E-state index is -0.443. The van der Waals surface area contributed by atoms with Gasteiger partial charge in [0, 0.05) is 26.2 Å². The number of hydrogen-bond acceptors (Lipinski definition) is 3. The predicted octanol–water partition coefficient (Wildman–Crippen LogP) is 2.24. The third-order valence-electron chi connectivity index (χ3n) is 4.24. The molecular formula is C18H22N2O. The maximum atomic E-state index is 10.4. The number of hydrogen-bond donors (Lipinski definition) is 2. The summed E-state index contributed by atoms with van der Waals surface area (Å²) < 4.78 is 0. The first-order valence-corrected chi connectivity index (χ1v) is 7.52. The summed E-state index contributed by atoms with van der Waals surface area (Å²) in [5, 5.41) is 10.4. The lowest BCUT2D eigenvalue weighted by molar-refractivity contribution is 0.106. The molecule has 0 saturated heterocycles. The summed E-state index contributed by atoms with van der Waals surface area (Å²) in [7, 11) is 0. The van der Waals surface area contributed by atoms with Crippen molar-refractivity contribution in [1.29, 1.82) is 0 Å². The first-order chi connectivity index (χ1) is 10.3. The Balaban J connectivity index is 1.64. The summed E-state index contributed by atoms with van der Waals surface area (Å²) in [5.41, 5.74) is 10.5. The van der Waals surface area contributed by atoms with E-state index >= 15 is 0 Å². The van der Waals surface area contributed by atoms with E-state index < -0.39 is 6.10 Å². The number of benzene rings is 2. The Labute approximate surface area is 126 Å². The van der Waals surface area contributed by atoms with Gasteiger partial charge in [-0.2, -0.15) is 0 Å². The van der Waals surface area contributed by atoms with Crippen LogP contribution in [0.4, 0.5) is 0 Å². The van der Waals surface area contributed by atoms with Gasteiger partial charge < -0.3 is 10.8 Å². The Bertz CT molecular complexity index is 594. The summed E-state index contributed by atoms with van der Waals surface area (Å²) in [6, 6.07) is 16.5. The number of aliphatic hydroxyl groups is 1. The number of nitrogens with zero attached hydrogens (tertiary/aromatic N) is 1. The van der Waals surface area contributed by atoms with E-state index in [1.165, 1.54) is 11.1 Å². The molecule has 0 saturated carbocycles. The molecule has 3 heteroatoms. The second-order valence-corrected chi connectivity index (χ2v) is 5.72. The highest BCUT2D eigenvalue weighted by Gasteiger charge is 2.19. The molecule has 1 heterocycles. The molecule has 2 aromatic rings. The third kappa shape index (κ3) is 3.32. The van der Waals surface area contributed by atoms with Crippen LogP contribution in [0.3, 0.4) is 0 Å². The second kappa shape index (κ2) is 6.39. The van der Waals surface area contributed by atoms with Gasteiger partial charge in [0.1, 0.15) is 0 Å². The number of β-amino-alcohol motifs (C(OH)–C–C–N with tert-alkyl or cyclic N) is 1. The highest BCUT2D eigenvalue weighted by atomic mass is 16.3. The first kappa shape index (κ1) is 14.3. The summed E-state index contributed by atoms with van der Waals surface area (Å²) in [6.45, 7) is 3.15. The molecule has 0 fully saturated rings. The zero-order valence-corrected chi connectivity index (χ0v) is 12.2. The molecule has 0 bridgehead atoms. The molecule has 21 heavy (non-hydrogen) atoms. The van der Waals surface area contributed by atoms with Crippen molar-refractivity contribution >= 4 is 0 Å². The normalized spacial score (nSPS) is 16.5. The van der Waals surface area contributed by atoms with Gasteiger partial charge in [0.25, 0.3) is 0 Å². The Kier molecular flexibility index (Phi) is 4.34. The van der Waals surface area contributed by atoms with Crippen molar-refractivity contribution in [2.24, 2.45) is 5.73 Å². The van der Waals surface area contributed by atoms with Crippen LogP contribution in [0.5, 0.6) is 0 Å². The largest absolute Gasteiger partial charge is 0.387 e. The number of fused-ring (bicyclic) bond motifs is 1. The maximum absolute atomic E-state index is 10.4. The second-order valence-electron chi connectivity index (χ2n) is 5.72. The van der Waals surface area contributed by atoms with Crippen LogP contribution in [-0.4, -0.2) is 23.1 Å². The third-order valence-corrected chi connectivity index (χ3v) is 4.24. The first-order valence-electron chi connectivity index (χ1n) is 7.52. The quantitative estimate of drug-likeness (QED) is 0.904. The van der Waals surface area contributed by atoms with Gasteiger partial charge in [-0.05, 0) is 28.7 Å². The molecular weight excluding hydrogens is 260 g/mol. The van der Waals surface area contributed by atoms with Crippen LogP contribution in [0.25, 0.3) is 0 Å². The Morgan fingerprint density at radius 2 is 1.76 bits per heavy atom.